The first-order valence-corrected chi connectivity index (χ1v) is 8.71. The predicted octanol–water partition coefficient (Wildman–Crippen LogP) is 2.18. The van der Waals surface area contributed by atoms with Crippen LogP contribution in [0.3, 0.4) is 0 Å². The highest BCUT2D eigenvalue weighted by atomic mass is 16.2. The summed E-state index contributed by atoms with van der Waals surface area (Å²) >= 11 is 0. The summed E-state index contributed by atoms with van der Waals surface area (Å²) in [5.74, 6) is 1.83. The Hall–Kier alpha value is -2.70. The molecule has 1 aliphatic heterocycles. The molecule has 1 amide bonds. The van der Waals surface area contributed by atoms with Crippen molar-refractivity contribution in [3.63, 3.8) is 0 Å². The van der Waals surface area contributed by atoms with E-state index in [1.165, 1.54) is 0 Å². The SMILES string of the molecule is Cc1nc(C)n([C@H]2CCCN(C(=O)Cc3[nH]nc4ccccc34)C2)n1. The molecule has 3 aromatic rings. The normalized spacial score (nSPS) is 18.0. The zero-order valence-electron chi connectivity index (χ0n) is 14.6. The predicted molar refractivity (Wildman–Crippen MR) is 94.1 cm³/mol. The number of hydrogen-bond acceptors (Lipinski definition) is 4. The summed E-state index contributed by atoms with van der Waals surface area (Å²) in [5.41, 5.74) is 1.78. The minimum atomic E-state index is 0.133. The molecule has 0 unspecified atom stereocenters. The number of carbonyl (C=O) groups is 1. The van der Waals surface area contributed by atoms with Crippen LogP contribution in [-0.2, 0) is 11.2 Å². The van der Waals surface area contributed by atoms with Gasteiger partial charge in [-0.15, -0.1) is 0 Å². The molecule has 1 fully saturated rings. The van der Waals surface area contributed by atoms with Crippen molar-refractivity contribution in [2.45, 2.75) is 39.2 Å². The molecule has 3 heterocycles. The lowest BCUT2D eigenvalue weighted by Crippen LogP contribution is -2.42. The lowest BCUT2D eigenvalue weighted by molar-refractivity contribution is -0.132. The van der Waals surface area contributed by atoms with Crippen LogP contribution in [0, 0.1) is 13.8 Å². The highest BCUT2D eigenvalue weighted by Gasteiger charge is 2.27. The van der Waals surface area contributed by atoms with Gasteiger partial charge in [0.25, 0.3) is 0 Å². The van der Waals surface area contributed by atoms with E-state index < -0.39 is 0 Å². The van der Waals surface area contributed by atoms with E-state index in [0.29, 0.717) is 13.0 Å². The van der Waals surface area contributed by atoms with Gasteiger partial charge >= 0.3 is 0 Å². The quantitative estimate of drug-likeness (QED) is 0.794. The Morgan fingerprint density at radius 1 is 1.32 bits per heavy atom. The van der Waals surface area contributed by atoms with Crippen LogP contribution in [0.2, 0.25) is 0 Å². The highest BCUT2D eigenvalue weighted by molar-refractivity contribution is 5.87. The fourth-order valence-electron chi connectivity index (χ4n) is 3.67. The lowest BCUT2D eigenvalue weighted by Gasteiger charge is -2.33. The number of para-hydroxylation sites is 1. The van der Waals surface area contributed by atoms with E-state index in [-0.39, 0.29) is 11.9 Å². The van der Waals surface area contributed by atoms with E-state index in [9.17, 15) is 4.79 Å². The van der Waals surface area contributed by atoms with Crippen LogP contribution in [0.25, 0.3) is 10.9 Å². The van der Waals surface area contributed by atoms with Crippen LogP contribution in [-0.4, -0.2) is 48.9 Å². The van der Waals surface area contributed by atoms with Crippen molar-refractivity contribution in [1.82, 2.24) is 29.9 Å². The van der Waals surface area contributed by atoms with E-state index in [2.05, 4.69) is 20.3 Å². The molecule has 1 aromatic carbocycles. The van der Waals surface area contributed by atoms with Gasteiger partial charge in [0.1, 0.15) is 11.6 Å². The van der Waals surface area contributed by atoms with Gasteiger partial charge in [0, 0.05) is 18.5 Å². The van der Waals surface area contributed by atoms with E-state index in [1.807, 2.05) is 47.7 Å². The van der Waals surface area contributed by atoms with Crippen molar-refractivity contribution in [3.05, 3.63) is 41.6 Å². The van der Waals surface area contributed by atoms with Crippen molar-refractivity contribution in [2.24, 2.45) is 0 Å². The maximum absolute atomic E-state index is 12.8. The molecular weight excluding hydrogens is 316 g/mol. The molecule has 0 bridgehead atoms. The number of nitrogens with zero attached hydrogens (tertiary/aromatic N) is 5. The number of aromatic amines is 1. The summed E-state index contributed by atoms with van der Waals surface area (Å²) in [7, 11) is 0. The first-order chi connectivity index (χ1) is 12.1. The van der Waals surface area contributed by atoms with Gasteiger partial charge in [-0.2, -0.15) is 10.2 Å². The first kappa shape index (κ1) is 15.8. The van der Waals surface area contributed by atoms with Crippen molar-refractivity contribution in [2.75, 3.05) is 13.1 Å². The Morgan fingerprint density at radius 2 is 2.16 bits per heavy atom. The molecule has 1 aliphatic rings. The highest BCUT2D eigenvalue weighted by Crippen LogP contribution is 2.23. The van der Waals surface area contributed by atoms with Crippen molar-refractivity contribution < 1.29 is 4.79 Å². The molecule has 1 atom stereocenters. The Balaban J connectivity index is 1.49. The molecule has 1 N–H and O–H groups in total. The van der Waals surface area contributed by atoms with Crippen molar-refractivity contribution in [3.8, 4) is 0 Å². The van der Waals surface area contributed by atoms with Gasteiger partial charge in [-0.05, 0) is 32.8 Å². The Morgan fingerprint density at radius 3 is 2.96 bits per heavy atom. The Kier molecular flexibility index (Phi) is 3.99. The maximum Gasteiger partial charge on any atom is 0.228 e. The standard InChI is InChI=1S/C18H22N6O/c1-12-19-13(2)24(22-12)14-6-5-9-23(11-14)18(25)10-17-15-7-3-4-8-16(15)20-21-17/h3-4,7-8,14H,5-6,9-11H2,1-2H3,(H,20,21)/t14-/m0/s1. The fraction of sp³-hybridized carbons (Fsp3) is 0.444. The molecular formula is C18H22N6O. The third-order valence-electron chi connectivity index (χ3n) is 4.87. The fourth-order valence-corrected chi connectivity index (χ4v) is 3.67. The van der Waals surface area contributed by atoms with E-state index in [4.69, 9.17) is 0 Å². The number of fused-ring (bicyclic) bond motifs is 1. The molecule has 0 radical (unpaired) electrons. The molecule has 0 spiro atoms. The third kappa shape index (κ3) is 3.01. The number of aryl methyl sites for hydroxylation is 2. The van der Waals surface area contributed by atoms with Gasteiger partial charge in [-0.3, -0.25) is 9.89 Å². The number of amides is 1. The van der Waals surface area contributed by atoms with Gasteiger partial charge in [0.15, 0.2) is 0 Å². The van der Waals surface area contributed by atoms with Crippen molar-refractivity contribution >= 4 is 16.8 Å². The number of aromatic nitrogens is 5. The summed E-state index contributed by atoms with van der Waals surface area (Å²) in [5, 5.41) is 12.8. The summed E-state index contributed by atoms with van der Waals surface area (Å²) in [6, 6.07) is 8.08. The van der Waals surface area contributed by atoms with E-state index in [0.717, 1.165) is 47.6 Å². The number of benzene rings is 1. The number of hydrogen-bond donors (Lipinski definition) is 1. The average Bonchev–Trinajstić information content (AvgIpc) is 3.18. The van der Waals surface area contributed by atoms with Crippen LogP contribution in [0.4, 0.5) is 0 Å². The minimum absolute atomic E-state index is 0.133. The Labute approximate surface area is 146 Å². The smallest absolute Gasteiger partial charge is 0.228 e. The van der Waals surface area contributed by atoms with Gasteiger partial charge < -0.3 is 4.90 Å². The second-order valence-corrected chi connectivity index (χ2v) is 6.68. The molecule has 7 nitrogen and oxygen atoms in total. The minimum Gasteiger partial charge on any atom is -0.340 e. The molecule has 130 valence electrons. The number of nitrogens with one attached hydrogen (secondary N) is 1. The Bertz CT molecular complexity index is 911. The summed E-state index contributed by atoms with van der Waals surface area (Å²) in [6.45, 7) is 5.36. The molecule has 25 heavy (non-hydrogen) atoms. The maximum atomic E-state index is 12.8. The lowest BCUT2D eigenvalue weighted by atomic mass is 10.0. The summed E-state index contributed by atoms with van der Waals surface area (Å²) < 4.78 is 1.97. The molecule has 1 saturated heterocycles. The third-order valence-corrected chi connectivity index (χ3v) is 4.87. The van der Waals surface area contributed by atoms with Crippen LogP contribution in [0.5, 0.6) is 0 Å². The number of piperidine rings is 1. The molecule has 4 rings (SSSR count). The van der Waals surface area contributed by atoms with Crippen LogP contribution < -0.4 is 0 Å². The second kappa shape index (κ2) is 6.31. The first-order valence-electron chi connectivity index (χ1n) is 8.71. The number of likely N-dealkylation sites (tertiary alicyclic amines) is 1. The molecule has 7 heteroatoms. The molecule has 0 saturated carbocycles. The average molecular weight is 338 g/mol. The van der Waals surface area contributed by atoms with Crippen LogP contribution in [0.1, 0.15) is 36.2 Å². The van der Waals surface area contributed by atoms with Gasteiger partial charge in [0.05, 0.1) is 23.7 Å². The zero-order valence-corrected chi connectivity index (χ0v) is 14.6. The van der Waals surface area contributed by atoms with E-state index in [1.54, 1.807) is 0 Å². The topological polar surface area (TPSA) is 79.7 Å². The molecule has 0 aliphatic carbocycles. The number of carbonyl (C=O) groups excluding carboxylic acids is 1. The van der Waals surface area contributed by atoms with Gasteiger partial charge in [-0.1, -0.05) is 18.2 Å². The zero-order chi connectivity index (χ0) is 17.4. The van der Waals surface area contributed by atoms with Gasteiger partial charge in [0.2, 0.25) is 5.91 Å². The monoisotopic (exact) mass is 338 g/mol. The largest absolute Gasteiger partial charge is 0.340 e. The summed E-state index contributed by atoms with van der Waals surface area (Å²) in [6.07, 6.45) is 2.36. The van der Waals surface area contributed by atoms with Crippen LogP contribution >= 0.6 is 0 Å². The second-order valence-electron chi connectivity index (χ2n) is 6.68. The molecule has 2 aromatic heterocycles. The van der Waals surface area contributed by atoms with Crippen molar-refractivity contribution in [1.29, 1.82) is 0 Å². The summed E-state index contributed by atoms with van der Waals surface area (Å²) in [4.78, 5) is 19.1. The number of H-pyrrole nitrogens is 1. The van der Waals surface area contributed by atoms with Crippen LogP contribution in [0.15, 0.2) is 24.3 Å². The van der Waals surface area contributed by atoms with Gasteiger partial charge in [-0.25, -0.2) is 9.67 Å². The van der Waals surface area contributed by atoms with E-state index >= 15 is 0 Å². The number of rotatable bonds is 3.